The summed E-state index contributed by atoms with van der Waals surface area (Å²) >= 11 is 0. The molecule has 0 spiro atoms. The van der Waals surface area contributed by atoms with Gasteiger partial charge in [-0.3, -0.25) is 4.79 Å². The van der Waals surface area contributed by atoms with Crippen LogP contribution in [0.3, 0.4) is 0 Å². The minimum atomic E-state index is 0.0973. The fraction of sp³-hybridized carbons (Fsp3) is 0.250. The van der Waals surface area contributed by atoms with Crippen molar-refractivity contribution in [3.05, 3.63) is 71.9 Å². The van der Waals surface area contributed by atoms with Crippen LogP contribution < -0.4 is 5.32 Å². The molecule has 3 nitrogen and oxygen atoms in total. The van der Waals surface area contributed by atoms with Crippen molar-refractivity contribution >= 4 is 16.8 Å². The molecule has 0 atom stereocenters. The molecule has 0 unspecified atom stereocenters. The standard InChI is InChI=1S/C20H22N2O/c1-2-22-13-12-18-14-16(8-10-19(18)22)9-11-20(23)21-15-17-6-4-3-5-7-17/h3-8,10,12-14H,2,9,11,15H2,1H3,(H,21,23). The van der Waals surface area contributed by atoms with Gasteiger partial charge in [-0.15, -0.1) is 0 Å². The predicted molar refractivity (Wildman–Crippen MR) is 94.2 cm³/mol. The van der Waals surface area contributed by atoms with E-state index in [9.17, 15) is 4.79 Å². The van der Waals surface area contributed by atoms with E-state index in [1.54, 1.807) is 0 Å². The number of nitrogens with one attached hydrogen (secondary N) is 1. The molecule has 118 valence electrons. The highest BCUT2D eigenvalue weighted by atomic mass is 16.1. The maximum Gasteiger partial charge on any atom is 0.220 e. The molecule has 3 rings (SSSR count). The molecule has 2 aromatic carbocycles. The first-order valence-corrected chi connectivity index (χ1v) is 8.14. The molecule has 3 aromatic rings. The van der Waals surface area contributed by atoms with Gasteiger partial charge in [-0.25, -0.2) is 0 Å². The van der Waals surface area contributed by atoms with E-state index in [-0.39, 0.29) is 5.91 Å². The third kappa shape index (κ3) is 3.81. The van der Waals surface area contributed by atoms with Crippen LogP contribution in [0.25, 0.3) is 10.9 Å². The first-order valence-electron chi connectivity index (χ1n) is 8.14. The van der Waals surface area contributed by atoms with Gasteiger partial charge in [-0.1, -0.05) is 36.4 Å². The lowest BCUT2D eigenvalue weighted by Crippen LogP contribution is -2.22. The zero-order chi connectivity index (χ0) is 16.1. The second-order valence-electron chi connectivity index (χ2n) is 5.76. The Bertz CT molecular complexity index is 790. The van der Waals surface area contributed by atoms with E-state index in [1.165, 1.54) is 16.5 Å². The third-order valence-electron chi connectivity index (χ3n) is 4.15. The number of benzene rings is 2. The van der Waals surface area contributed by atoms with Crippen molar-refractivity contribution in [3.8, 4) is 0 Å². The van der Waals surface area contributed by atoms with E-state index in [0.29, 0.717) is 13.0 Å². The summed E-state index contributed by atoms with van der Waals surface area (Å²) in [5.74, 6) is 0.0973. The van der Waals surface area contributed by atoms with Crippen LogP contribution in [-0.2, 0) is 24.3 Å². The summed E-state index contributed by atoms with van der Waals surface area (Å²) in [5, 5.41) is 4.22. The van der Waals surface area contributed by atoms with Crippen LogP contribution in [0.15, 0.2) is 60.8 Å². The molecule has 0 bridgehead atoms. The second kappa shape index (κ2) is 7.14. The molecule has 1 amide bonds. The quantitative estimate of drug-likeness (QED) is 0.736. The summed E-state index contributed by atoms with van der Waals surface area (Å²) in [5.41, 5.74) is 3.59. The van der Waals surface area contributed by atoms with Gasteiger partial charge < -0.3 is 9.88 Å². The van der Waals surface area contributed by atoms with Gasteiger partial charge in [0.25, 0.3) is 0 Å². The lowest BCUT2D eigenvalue weighted by Gasteiger charge is -2.06. The molecule has 0 aliphatic heterocycles. The van der Waals surface area contributed by atoms with E-state index >= 15 is 0 Å². The molecule has 0 aliphatic carbocycles. The highest BCUT2D eigenvalue weighted by Crippen LogP contribution is 2.18. The van der Waals surface area contributed by atoms with Gasteiger partial charge in [0.05, 0.1) is 0 Å². The topological polar surface area (TPSA) is 34.0 Å². The Morgan fingerprint density at radius 3 is 2.65 bits per heavy atom. The number of carbonyl (C=O) groups is 1. The minimum Gasteiger partial charge on any atom is -0.352 e. The smallest absolute Gasteiger partial charge is 0.220 e. The van der Waals surface area contributed by atoms with Crippen LogP contribution in [0.4, 0.5) is 0 Å². The normalized spacial score (nSPS) is 10.8. The summed E-state index contributed by atoms with van der Waals surface area (Å²) in [6, 6.07) is 18.6. The Morgan fingerprint density at radius 1 is 1.04 bits per heavy atom. The first kappa shape index (κ1) is 15.3. The first-order chi connectivity index (χ1) is 11.3. The van der Waals surface area contributed by atoms with Crippen LogP contribution in [0.1, 0.15) is 24.5 Å². The van der Waals surface area contributed by atoms with Gasteiger partial charge in [0.15, 0.2) is 0 Å². The number of hydrogen-bond acceptors (Lipinski definition) is 1. The fourth-order valence-corrected chi connectivity index (χ4v) is 2.82. The third-order valence-corrected chi connectivity index (χ3v) is 4.15. The molecule has 0 saturated carbocycles. The van der Waals surface area contributed by atoms with E-state index < -0.39 is 0 Å². The van der Waals surface area contributed by atoms with Crippen molar-refractivity contribution in [2.75, 3.05) is 0 Å². The Balaban J connectivity index is 1.54. The summed E-state index contributed by atoms with van der Waals surface area (Å²) in [6.07, 6.45) is 3.40. The predicted octanol–water partition coefficient (Wildman–Crippen LogP) is 3.91. The van der Waals surface area contributed by atoms with Gasteiger partial charge >= 0.3 is 0 Å². The number of fused-ring (bicyclic) bond motifs is 1. The maximum absolute atomic E-state index is 12.0. The number of aromatic nitrogens is 1. The summed E-state index contributed by atoms with van der Waals surface area (Å²) in [7, 11) is 0. The Kier molecular flexibility index (Phi) is 4.77. The van der Waals surface area contributed by atoms with Crippen LogP contribution in [0.2, 0.25) is 0 Å². The molecule has 0 fully saturated rings. The summed E-state index contributed by atoms with van der Waals surface area (Å²) in [4.78, 5) is 12.0. The highest BCUT2D eigenvalue weighted by molar-refractivity contribution is 5.81. The molecule has 0 saturated heterocycles. The SMILES string of the molecule is CCn1ccc2cc(CCC(=O)NCc3ccccc3)ccc21. The number of rotatable bonds is 6. The number of aryl methyl sites for hydroxylation is 2. The molecule has 23 heavy (non-hydrogen) atoms. The van der Waals surface area contributed by atoms with Crippen molar-refractivity contribution in [1.82, 2.24) is 9.88 Å². The van der Waals surface area contributed by atoms with Gasteiger partial charge in [-0.05, 0) is 48.1 Å². The maximum atomic E-state index is 12.0. The molecule has 1 N–H and O–H groups in total. The van der Waals surface area contributed by atoms with E-state index in [0.717, 1.165) is 18.5 Å². The number of carbonyl (C=O) groups excluding carboxylic acids is 1. The molecule has 1 aromatic heterocycles. The molecule has 0 aliphatic rings. The van der Waals surface area contributed by atoms with Crippen molar-refractivity contribution in [1.29, 1.82) is 0 Å². The number of hydrogen-bond donors (Lipinski definition) is 1. The monoisotopic (exact) mass is 306 g/mol. The molecule has 3 heteroatoms. The van der Waals surface area contributed by atoms with Crippen LogP contribution in [0, 0.1) is 0 Å². The molecular weight excluding hydrogens is 284 g/mol. The highest BCUT2D eigenvalue weighted by Gasteiger charge is 2.05. The second-order valence-corrected chi connectivity index (χ2v) is 5.76. The number of nitrogens with zero attached hydrogens (tertiary/aromatic N) is 1. The van der Waals surface area contributed by atoms with Crippen molar-refractivity contribution < 1.29 is 4.79 Å². The summed E-state index contributed by atoms with van der Waals surface area (Å²) < 4.78 is 2.23. The van der Waals surface area contributed by atoms with Crippen LogP contribution in [0.5, 0.6) is 0 Å². The lowest BCUT2D eigenvalue weighted by molar-refractivity contribution is -0.121. The fourth-order valence-electron chi connectivity index (χ4n) is 2.82. The van der Waals surface area contributed by atoms with E-state index in [4.69, 9.17) is 0 Å². The van der Waals surface area contributed by atoms with Gasteiger partial charge in [0.1, 0.15) is 0 Å². The van der Waals surface area contributed by atoms with Crippen molar-refractivity contribution in [3.63, 3.8) is 0 Å². The lowest BCUT2D eigenvalue weighted by atomic mass is 10.1. The van der Waals surface area contributed by atoms with Gasteiger partial charge in [-0.2, -0.15) is 0 Å². The average molecular weight is 306 g/mol. The zero-order valence-corrected chi connectivity index (χ0v) is 13.5. The zero-order valence-electron chi connectivity index (χ0n) is 13.5. The molecule has 0 radical (unpaired) electrons. The van der Waals surface area contributed by atoms with E-state index in [2.05, 4.69) is 47.3 Å². The summed E-state index contributed by atoms with van der Waals surface area (Å²) in [6.45, 7) is 3.72. The Morgan fingerprint density at radius 2 is 1.87 bits per heavy atom. The Hall–Kier alpha value is -2.55. The number of amides is 1. The Labute approximate surface area is 136 Å². The molecular formula is C20H22N2O. The average Bonchev–Trinajstić information content (AvgIpc) is 3.01. The molecule has 1 heterocycles. The van der Waals surface area contributed by atoms with Gasteiger partial charge in [0.2, 0.25) is 5.91 Å². The minimum absolute atomic E-state index is 0.0973. The van der Waals surface area contributed by atoms with Crippen LogP contribution >= 0.6 is 0 Å². The largest absolute Gasteiger partial charge is 0.352 e. The van der Waals surface area contributed by atoms with Crippen molar-refractivity contribution in [2.45, 2.75) is 32.9 Å². The van der Waals surface area contributed by atoms with Gasteiger partial charge in [0, 0.05) is 31.2 Å². The van der Waals surface area contributed by atoms with Crippen LogP contribution in [-0.4, -0.2) is 10.5 Å². The van der Waals surface area contributed by atoms with E-state index in [1.807, 2.05) is 30.3 Å². The van der Waals surface area contributed by atoms with Crippen molar-refractivity contribution in [2.24, 2.45) is 0 Å².